The minimum absolute atomic E-state index is 0. The quantitative estimate of drug-likeness (QED) is 0.791. The first-order chi connectivity index (χ1) is 10.8. The van der Waals surface area contributed by atoms with Crippen LogP contribution in [0.4, 0.5) is 0 Å². The van der Waals surface area contributed by atoms with Gasteiger partial charge in [0.05, 0.1) is 0 Å². The number of aromatic nitrogens is 4. The maximum Gasteiger partial charge on any atom is 0.276 e. The number of benzene rings is 1. The molecule has 4 rings (SSSR count). The van der Waals surface area contributed by atoms with Crippen LogP contribution in [-0.2, 0) is 6.54 Å². The van der Waals surface area contributed by atoms with Gasteiger partial charge in [-0.3, -0.25) is 0 Å². The van der Waals surface area contributed by atoms with Crippen LogP contribution >= 0.6 is 12.4 Å². The summed E-state index contributed by atoms with van der Waals surface area (Å²) in [6.07, 6.45) is 4.06. The van der Waals surface area contributed by atoms with E-state index in [4.69, 9.17) is 10.3 Å². The summed E-state index contributed by atoms with van der Waals surface area (Å²) in [4.78, 5) is 13.2. The highest BCUT2D eigenvalue weighted by Crippen LogP contribution is 2.38. The molecular weight excluding hydrogens is 314 g/mol. The van der Waals surface area contributed by atoms with E-state index in [2.05, 4.69) is 20.1 Å². The first-order valence-corrected chi connectivity index (χ1v) is 7.30. The fourth-order valence-corrected chi connectivity index (χ4v) is 2.27. The Bertz CT molecular complexity index is 798. The van der Waals surface area contributed by atoms with Gasteiger partial charge in [0, 0.05) is 24.2 Å². The Morgan fingerprint density at radius 3 is 2.57 bits per heavy atom. The van der Waals surface area contributed by atoms with E-state index in [9.17, 15) is 0 Å². The van der Waals surface area contributed by atoms with E-state index < -0.39 is 0 Å². The summed E-state index contributed by atoms with van der Waals surface area (Å²) in [6.45, 7) is 0.517. The zero-order valence-electron chi connectivity index (χ0n) is 12.3. The van der Waals surface area contributed by atoms with Crippen LogP contribution in [0, 0.1) is 0 Å². The van der Waals surface area contributed by atoms with Crippen molar-refractivity contribution in [3.63, 3.8) is 0 Å². The van der Waals surface area contributed by atoms with Crippen LogP contribution in [0.1, 0.15) is 30.1 Å². The highest BCUT2D eigenvalue weighted by Gasteiger charge is 2.27. The fraction of sp³-hybridized carbons (Fsp3) is 0.250. The Labute approximate surface area is 139 Å². The maximum atomic E-state index is 5.60. The molecule has 1 aliphatic rings. The molecule has 6 nitrogen and oxygen atoms in total. The lowest BCUT2D eigenvalue weighted by Crippen LogP contribution is -1.95. The molecule has 2 heterocycles. The van der Waals surface area contributed by atoms with Crippen LogP contribution in [0.2, 0.25) is 0 Å². The molecule has 1 aromatic carbocycles. The molecule has 1 fully saturated rings. The van der Waals surface area contributed by atoms with E-state index in [1.165, 1.54) is 0 Å². The van der Waals surface area contributed by atoms with Crippen LogP contribution in [0.5, 0.6) is 0 Å². The Kier molecular flexibility index (Phi) is 4.36. The number of rotatable bonds is 4. The molecular formula is C16H16ClN5O. The molecule has 0 aliphatic heterocycles. The predicted molar refractivity (Wildman–Crippen MR) is 87.9 cm³/mol. The first-order valence-electron chi connectivity index (χ1n) is 7.30. The lowest BCUT2D eigenvalue weighted by Gasteiger charge is -1.98. The van der Waals surface area contributed by atoms with Gasteiger partial charge in [0.2, 0.25) is 5.82 Å². The monoisotopic (exact) mass is 329 g/mol. The van der Waals surface area contributed by atoms with Gasteiger partial charge < -0.3 is 10.3 Å². The highest BCUT2D eigenvalue weighted by molar-refractivity contribution is 5.85. The SMILES string of the molecule is Cl.NCc1ccc(-c2noc(-c3ccnc(C4CC4)n3)n2)cc1. The molecule has 118 valence electrons. The van der Waals surface area contributed by atoms with Crippen molar-refractivity contribution < 1.29 is 4.52 Å². The molecule has 0 bridgehead atoms. The van der Waals surface area contributed by atoms with Crippen molar-refractivity contribution in [3.05, 3.63) is 47.9 Å². The minimum atomic E-state index is 0. The second-order valence-corrected chi connectivity index (χ2v) is 5.40. The Morgan fingerprint density at radius 2 is 1.87 bits per heavy atom. The average Bonchev–Trinajstić information content (AvgIpc) is 3.32. The summed E-state index contributed by atoms with van der Waals surface area (Å²) in [5, 5.41) is 4.03. The summed E-state index contributed by atoms with van der Waals surface area (Å²) >= 11 is 0. The van der Waals surface area contributed by atoms with E-state index in [-0.39, 0.29) is 12.4 Å². The number of nitrogens with zero attached hydrogens (tertiary/aromatic N) is 4. The molecule has 2 aromatic heterocycles. The standard InChI is InChI=1S/C16H15N5O.ClH/c17-9-10-1-3-12(4-2-10)15-20-16(22-21-15)13-7-8-18-14(19-13)11-5-6-11;/h1-4,7-8,11H,5-6,9,17H2;1H. The molecule has 1 aliphatic carbocycles. The van der Waals surface area contributed by atoms with Crippen LogP contribution in [0.3, 0.4) is 0 Å². The van der Waals surface area contributed by atoms with Gasteiger partial charge in [-0.2, -0.15) is 4.98 Å². The number of halogens is 1. The van der Waals surface area contributed by atoms with Crippen molar-refractivity contribution in [2.45, 2.75) is 25.3 Å². The minimum Gasteiger partial charge on any atom is -0.332 e. The largest absolute Gasteiger partial charge is 0.332 e. The molecule has 2 N–H and O–H groups in total. The van der Waals surface area contributed by atoms with E-state index in [1.54, 1.807) is 12.3 Å². The van der Waals surface area contributed by atoms with Gasteiger partial charge in [0.1, 0.15) is 11.5 Å². The number of nitrogens with two attached hydrogens (primary N) is 1. The zero-order valence-corrected chi connectivity index (χ0v) is 13.2. The summed E-state index contributed by atoms with van der Waals surface area (Å²) in [5.41, 5.74) is 8.23. The van der Waals surface area contributed by atoms with Crippen LogP contribution in [0.15, 0.2) is 41.1 Å². The van der Waals surface area contributed by atoms with E-state index in [1.807, 2.05) is 24.3 Å². The third-order valence-electron chi connectivity index (χ3n) is 3.71. The zero-order chi connectivity index (χ0) is 14.9. The molecule has 0 amide bonds. The van der Waals surface area contributed by atoms with Crippen molar-refractivity contribution in [1.82, 2.24) is 20.1 Å². The fourth-order valence-electron chi connectivity index (χ4n) is 2.27. The summed E-state index contributed by atoms with van der Waals surface area (Å²) < 4.78 is 5.34. The summed E-state index contributed by atoms with van der Waals surface area (Å²) in [7, 11) is 0. The Balaban J connectivity index is 0.00000156. The summed E-state index contributed by atoms with van der Waals surface area (Å²) in [5.74, 6) is 2.32. The average molecular weight is 330 g/mol. The van der Waals surface area contributed by atoms with Gasteiger partial charge in [-0.1, -0.05) is 29.4 Å². The van der Waals surface area contributed by atoms with Gasteiger partial charge in [-0.25, -0.2) is 9.97 Å². The lowest BCUT2D eigenvalue weighted by molar-refractivity contribution is 0.430. The molecule has 7 heteroatoms. The predicted octanol–water partition coefficient (Wildman–Crippen LogP) is 2.95. The van der Waals surface area contributed by atoms with Crippen molar-refractivity contribution in [2.24, 2.45) is 5.73 Å². The van der Waals surface area contributed by atoms with E-state index in [0.717, 1.165) is 29.8 Å². The van der Waals surface area contributed by atoms with Crippen LogP contribution in [0.25, 0.3) is 23.0 Å². The molecule has 23 heavy (non-hydrogen) atoms. The molecule has 0 saturated heterocycles. The van der Waals surface area contributed by atoms with Crippen LogP contribution in [-0.4, -0.2) is 20.1 Å². The molecule has 3 aromatic rings. The highest BCUT2D eigenvalue weighted by atomic mass is 35.5. The maximum absolute atomic E-state index is 5.60. The number of hydrogen-bond donors (Lipinski definition) is 1. The van der Waals surface area contributed by atoms with Gasteiger partial charge in [0.15, 0.2) is 0 Å². The molecule has 0 radical (unpaired) electrons. The van der Waals surface area contributed by atoms with Crippen molar-refractivity contribution >= 4 is 12.4 Å². The smallest absolute Gasteiger partial charge is 0.276 e. The normalized spacial score (nSPS) is 13.6. The second kappa shape index (κ2) is 6.44. The van der Waals surface area contributed by atoms with Crippen molar-refractivity contribution in [3.8, 4) is 23.0 Å². The van der Waals surface area contributed by atoms with Crippen LogP contribution < -0.4 is 5.73 Å². The van der Waals surface area contributed by atoms with E-state index in [0.29, 0.717) is 29.9 Å². The molecule has 0 spiro atoms. The number of hydrogen-bond acceptors (Lipinski definition) is 6. The van der Waals surface area contributed by atoms with Gasteiger partial charge in [-0.15, -0.1) is 12.4 Å². The van der Waals surface area contributed by atoms with Gasteiger partial charge in [0.25, 0.3) is 5.89 Å². The Hall–Kier alpha value is -2.31. The molecule has 1 saturated carbocycles. The van der Waals surface area contributed by atoms with E-state index >= 15 is 0 Å². The Morgan fingerprint density at radius 1 is 1.09 bits per heavy atom. The van der Waals surface area contributed by atoms with Gasteiger partial charge >= 0.3 is 0 Å². The first kappa shape index (κ1) is 15.6. The molecule has 0 atom stereocenters. The third kappa shape index (κ3) is 3.23. The summed E-state index contributed by atoms with van der Waals surface area (Å²) in [6, 6.07) is 9.59. The van der Waals surface area contributed by atoms with Crippen molar-refractivity contribution in [2.75, 3.05) is 0 Å². The third-order valence-corrected chi connectivity index (χ3v) is 3.71. The topological polar surface area (TPSA) is 90.7 Å². The second-order valence-electron chi connectivity index (χ2n) is 5.40. The molecule has 0 unspecified atom stereocenters. The van der Waals surface area contributed by atoms with Gasteiger partial charge in [-0.05, 0) is 24.5 Å². The lowest BCUT2D eigenvalue weighted by atomic mass is 10.1. The van der Waals surface area contributed by atoms with Crippen molar-refractivity contribution in [1.29, 1.82) is 0 Å².